The van der Waals surface area contributed by atoms with Crippen molar-refractivity contribution in [2.24, 2.45) is 11.8 Å². The molecule has 1 atom stereocenters. The Morgan fingerprint density at radius 2 is 2.12 bits per heavy atom. The number of ketones is 1. The maximum atomic E-state index is 13.4. The van der Waals surface area contributed by atoms with Gasteiger partial charge in [0.1, 0.15) is 11.7 Å². The summed E-state index contributed by atoms with van der Waals surface area (Å²) in [5.41, 5.74) is -0.118. The second kappa shape index (κ2) is 5.09. The molecule has 0 aliphatic carbocycles. The van der Waals surface area contributed by atoms with Gasteiger partial charge in [-0.1, -0.05) is 25.4 Å². The molecule has 0 fully saturated rings. The summed E-state index contributed by atoms with van der Waals surface area (Å²) in [7, 11) is 0. The Kier molecular flexibility index (Phi) is 4.03. The minimum absolute atomic E-state index is 0.118. The molecule has 2 nitrogen and oxygen atoms in total. The van der Waals surface area contributed by atoms with E-state index in [-0.39, 0.29) is 16.5 Å². The van der Waals surface area contributed by atoms with E-state index in [9.17, 15) is 9.18 Å². The van der Waals surface area contributed by atoms with Gasteiger partial charge in [-0.15, -0.1) is 0 Å². The Hall–Kier alpha value is -1.40. The summed E-state index contributed by atoms with van der Waals surface area (Å²) in [6.07, 6.45) is 0. The first kappa shape index (κ1) is 12.7. The second-order valence-electron chi connectivity index (χ2n) is 3.84. The third kappa shape index (κ3) is 2.59. The third-order valence-corrected chi connectivity index (χ3v) is 2.52. The quantitative estimate of drug-likeness (QED) is 0.758. The number of hydrogen-bond acceptors (Lipinski definition) is 2. The average molecular weight is 240 g/mol. The van der Waals surface area contributed by atoms with Crippen LogP contribution in [0.3, 0.4) is 0 Å². The van der Waals surface area contributed by atoms with E-state index in [2.05, 4.69) is 0 Å². The zero-order valence-corrected chi connectivity index (χ0v) is 9.75. The smallest absolute Gasteiger partial charge is 0.183 e. The van der Waals surface area contributed by atoms with Crippen LogP contribution >= 0.6 is 11.6 Å². The molecule has 0 N–H and O–H groups in total. The highest BCUT2D eigenvalue weighted by molar-refractivity contribution is 6.31. The average Bonchev–Trinajstić information content (AvgIpc) is 2.22. The van der Waals surface area contributed by atoms with Crippen molar-refractivity contribution in [1.29, 1.82) is 5.26 Å². The number of halogens is 2. The van der Waals surface area contributed by atoms with E-state index in [1.54, 1.807) is 13.8 Å². The second-order valence-corrected chi connectivity index (χ2v) is 4.28. The van der Waals surface area contributed by atoms with E-state index in [0.717, 1.165) is 6.07 Å². The monoisotopic (exact) mass is 239 g/mol. The van der Waals surface area contributed by atoms with Crippen LogP contribution in [0.2, 0.25) is 5.02 Å². The minimum Gasteiger partial charge on any atom is -0.293 e. The first-order valence-electron chi connectivity index (χ1n) is 4.86. The van der Waals surface area contributed by atoms with Crippen LogP contribution in [0.1, 0.15) is 24.2 Å². The molecule has 0 amide bonds. The van der Waals surface area contributed by atoms with Crippen molar-refractivity contribution in [3.63, 3.8) is 0 Å². The fourth-order valence-electron chi connectivity index (χ4n) is 1.36. The molecule has 16 heavy (non-hydrogen) atoms. The standard InChI is InChI=1S/C12H11ClFNO/c1-7(2)10(6-15)12(16)9-5-8(13)3-4-11(9)14/h3-5,7,10H,1-2H3. The van der Waals surface area contributed by atoms with Crippen LogP contribution in [0.25, 0.3) is 0 Å². The Balaban J connectivity index is 3.14. The van der Waals surface area contributed by atoms with E-state index < -0.39 is 17.5 Å². The van der Waals surface area contributed by atoms with Crippen molar-refractivity contribution in [2.45, 2.75) is 13.8 Å². The summed E-state index contributed by atoms with van der Waals surface area (Å²) in [6, 6.07) is 5.64. The highest BCUT2D eigenvalue weighted by Crippen LogP contribution is 2.21. The summed E-state index contributed by atoms with van der Waals surface area (Å²) >= 11 is 5.69. The molecule has 4 heteroatoms. The van der Waals surface area contributed by atoms with E-state index >= 15 is 0 Å². The van der Waals surface area contributed by atoms with Gasteiger partial charge in [-0.05, 0) is 24.1 Å². The van der Waals surface area contributed by atoms with Crippen LogP contribution in [-0.2, 0) is 0 Å². The van der Waals surface area contributed by atoms with Crippen LogP contribution in [-0.4, -0.2) is 5.78 Å². The van der Waals surface area contributed by atoms with Crippen molar-refractivity contribution in [2.75, 3.05) is 0 Å². The molecule has 0 spiro atoms. The van der Waals surface area contributed by atoms with Gasteiger partial charge in [-0.25, -0.2) is 4.39 Å². The molecule has 1 aromatic rings. The predicted octanol–water partition coefficient (Wildman–Crippen LogP) is 3.46. The van der Waals surface area contributed by atoms with Crippen LogP contribution < -0.4 is 0 Å². The first-order chi connectivity index (χ1) is 7.47. The maximum absolute atomic E-state index is 13.4. The Labute approximate surface area is 98.6 Å². The highest BCUT2D eigenvalue weighted by Gasteiger charge is 2.25. The molecule has 1 unspecified atom stereocenters. The summed E-state index contributed by atoms with van der Waals surface area (Å²) in [5, 5.41) is 9.14. The van der Waals surface area contributed by atoms with Gasteiger partial charge in [0.15, 0.2) is 5.78 Å². The van der Waals surface area contributed by atoms with Gasteiger partial charge in [0.2, 0.25) is 0 Å². The molecule has 0 saturated carbocycles. The van der Waals surface area contributed by atoms with Crippen LogP contribution in [0, 0.1) is 29.0 Å². The topological polar surface area (TPSA) is 40.9 Å². The predicted molar refractivity (Wildman–Crippen MR) is 59.7 cm³/mol. The van der Waals surface area contributed by atoms with Gasteiger partial charge in [0, 0.05) is 5.02 Å². The summed E-state index contributed by atoms with van der Waals surface area (Å²) < 4.78 is 13.4. The fourth-order valence-corrected chi connectivity index (χ4v) is 1.54. The first-order valence-corrected chi connectivity index (χ1v) is 5.24. The number of nitriles is 1. The van der Waals surface area contributed by atoms with Crippen LogP contribution in [0.4, 0.5) is 4.39 Å². The van der Waals surface area contributed by atoms with Gasteiger partial charge in [-0.2, -0.15) is 5.26 Å². The number of hydrogen-bond donors (Lipinski definition) is 0. The highest BCUT2D eigenvalue weighted by atomic mass is 35.5. The number of carbonyl (C=O) groups is 1. The SMILES string of the molecule is CC(C)C(C#N)C(=O)c1cc(Cl)ccc1F. The number of nitrogens with zero attached hydrogens (tertiary/aromatic N) is 1. The maximum Gasteiger partial charge on any atom is 0.183 e. The minimum atomic E-state index is -0.840. The number of carbonyl (C=O) groups excluding carboxylic acids is 1. The summed E-state index contributed by atoms with van der Waals surface area (Å²) in [6.45, 7) is 3.49. The van der Waals surface area contributed by atoms with Crippen molar-refractivity contribution >= 4 is 17.4 Å². The van der Waals surface area contributed by atoms with Gasteiger partial charge < -0.3 is 0 Å². The normalized spacial score (nSPS) is 12.2. The molecule has 0 aromatic heterocycles. The van der Waals surface area contributed by atoms with Gasteiger partial charge >= 0.3 is 0 Å². The zero-order valence-electron chi connectivity index (χ0n) is 9.00. The zero-order chi connectivity index (χ0) is 12.3. The van der Waals surface area contributed by atoms with Crippen molar-refractivity contribution in [3.8, 4) is 6.07 Å². The molecular weight excluding hydrogens is 229 g/mol. The lowest BCUT2D eigenvalue weighted by Crippen LogP contribution is -2.19. The third-order valence-electron chi connectivity index (χ3n) is 2.28. The number of benzene rings is 1. The van der Waals surface area contributed by atoms with Crippen molar-refractivity contribution in [3.05, 3.63) is 34.6 Å². The molecule has 1 rings (SSSR count). The summed E-state index contributed by atoms with van der Waals surface area (Å²) in [4.78, 5) is 11.9. The molecule has 1 aromatic carbocycles. The molecule has 0 bridgehead atoms. The largest absolute Gasteiger partial charge is 0.293 e. The van der Waals surface area contributed by atoms with Crippen molar-refractivity contribution < 1.29 is 9.18 Å². The van der Waals surface area contributed by atoms with E-state index in [1.807, 2.05) is 6.07 Å². The van der Waals surface area contributed by atoms with Gasteiger partial charge in [-0.3, -0.25) is 4.79 Å². The lowest BCUT2D eigenvalue weighted by Gasteiger charge is -2.12. The number of Topliss-reactive ketones (excluding diaryl/α,β-unsaturated/α-hetero) is 1. The molecule has 0 saturated heterocycles. The Morgan fingerprint density at radius 3 is 2.62 bits per heavy atom. The van der Waals surface area contributed by atoms with Gasteiger partial charge in [0.05, 0.1) is 11.6 Å². The molecule has 0 aliphatic rings. The Bertz CT molecular complexity index is 451. The van der Waals surface area contributed by atoms with Crippen LogP contribution in [0.5, 0.6) is 0 Å². The molecule has 0 radical (unpaired) electrons. The fraction of sp³-hybridized carbons (Fsp3) is 0.333. The van der Waals surface area contributed by atoms with E-state index in [0.29, 0.717) is 0 Å². The molecule has 0 aliphatic heterocycles. The van der Waals surface area contributed by atoms with E-state index in [4.69, 9.17) is 16.9 Å². The molecular formula is C12H11ClFNO. The van der Waals surface area contributed by atoms with Gasteiger partial charge in [0.25, 0.3) is 0 Å². The lowest BCUT2D eigenvalue weighted by atomic mass is 9.89. The number of rotatable bonds is 3. The van der Waals surface area contributed by atoms with E-state index in [1.165, 1.54) is 12.1 Å². The summed E-state index contributed by atoms with van der Waals surface area (Å²) in [5.74, 6) is -2.16. The Morgan fingerprint density at radius 1 is 1.50 bits per heavy atom. The molecule has 84 valence electrons. The molecule has 0 heterocycles. The lowest BCUT2D eigenvalue weighted by molar-refractivity contribution is 0.0920. The van der Waals surface area contributed by atoms with Crippen LogP contribution in [0.15, 0.2) is 18.2 Å². The van der Waals surface area contributed by atoms with Crippen molar-refractivity contribution in [1.82, 2.24) is 0 Å².